The van der Waals surface area contributed by atoms with Gasteiger partial charge >= 0.3 is 6.03 Å². The predicted molar refractivity (Wildman–Crippen MR) is 59.2 cm³/mol. The number of aliphatic imine (C=N–C) groups is 1. The third-order valence-electron chi connectivity index (χ3n) is 2.84. The highest BCUT2D eigenvalue weighted by molar-refractivity contribution is 6.09. The minimum Gasteiger partial charge on any atom is -0.494 e. The first-order valence-electron chi connectivity index (χ1n) is 5.10. The van der Waals surface area contributed by atoms with Crippen LogP contribution in [0.3, 0.4) is 0 Å². The molecule has 1 fully saturated rings. The minimum absolute atomic E-state index is 0.0212. The number of amidine groups is 1. The van der Waals surface area contributed by atoms with E-state index >= 15 is 0 Å². The van der Waals surface area contributed by atoms with Crippen LogP contribution in [0.5, 0.6) is 5.75 Å². The van der Waals surface area contributed by atoms with Gasteiger partial charge < -0.3 is 10.1 Å². The van der Waals surface area contributed by atoms with Crippen LogP contribution in [0.1, 0.15) is 5.56 Å². The summed E-state index contributed by atoms with van der Waals surface area (Å²) in [5.74, 6) is 1.42. The molecule has 5 heteroatoms. The molecule has 0 radical (unpaired) electrons. The SMILES string of the molecule is COc1cccc2c1N=C1NC(=O)NC1C2. The van der Waals surface area contributed by atoms with Crippen molar-refractivity contribution in [3.8, 4) is 5.75 Å². The van der Waals surface area contributed by atoms with Gasteiger partial charge in [0.15, 0.2) is 0 Å². The summed E-state index contributed by atoms with van der Waals surface area (Å²) in [6.07, 6.45) is 0.754. The fraction of sp³-hybridized carbons (Fsp3) is 0.273. The second-order valence-electron chi connectivity index (χ2n) is 3.82. The van der Waals surface area contributed by atoms with Gasteiger partial charge in [-0.15, -0.1) is 0 Å². The summed E-state index contributed by atoms with van der Waals surface area (Å²) in [6.45, 7) is 0. The maximum atomic E-state index is 11.2. The lowest BCUT2D eigenvalue weighted by Crippen LogP contribution is -2.33. The van der Waals surface area contributed by atoms with Gasteiger partial charge in [-0.2, -0.15) is 0 Å². The average molecular weight is 217 g/mol. The van der Waals surface area contributed by atoms with E-state index in [0.29, 0.717) is 5.84 Å². The Hall–Kier alpha value is -2.04. The number of fused-ring (bicyclic) bond motifs is 2. The van der Waals surface area contributed by atoms with Gasteiger partial charge in [0.25, 0.3) is 0 Å². The van der Waals surface area contributed by atoms with Gasteiger partial charge in [-0.25, -0.2) is 9.79 Å². The molecule has 82 valence electrons. The standard InChI is InChI=1S/C11H11N3O2/c1-16-8-4-2-3-6-5-7-10(13-9(6)8)14-11(15)12-7/h2-4,7H,5H2,1H3,(H2,12,13,14,15). The Morgan fingerprint density at radius 1 is 1.50 bits per heavy atom. The molecular formula is C11H11N3O2. The molecule has 1 atom stereocenters. The van der Waals surface area contributed by atoms with E-state index in [1.165, 1.54) is 0 Å². The summed E-state index contributed by atoms with van der Waals surface area (Å²) in [5, 5.41) is 5.50. The summed E-state index contributed by atoms with van der Waals surface area (Å²) < 4.78 is 5.25. The number of hydrogen-bond donors (Lipinski definition) is 2. The zero-order valence-electron chi connectivity index (χ0n) is 8.78. The quantitative estimate of drug-likeness (QED) is 0.736. The number of hydrogen-bond acceptors (Lipinski definition) is 3. The summed E-state index contributed by atoms with van der Waals surface area (Å²) in [4.78, 5) is 15.6. The number of nitrogens with one attached hydrogen (secondary N) is 2. The Labute approximate surface area is 92.5 Å². The maximum Gasteiger partial charge on any atom is 0.320 e. The lowest BCUT2D eigenvalue weighted by atomic mass is 10.0. The van der Waals surface area contributed by atoms with E-state index in [-0.39, 0.29) is 12.1 Å². The summed E-state index contributed by atoms with van der Waals surface area (Å²) in [7, 11) is 1.62. The van der Waals surface area contributed by atoms with Gasteiger partial charge in [-0.1, -0.05) is 12.1 Å². The van der Waals surface area contributed by atoms with Crippen LogP contribution < -0.4 is 15.4 Å². The smallest absolute Gasteiger partial charge is 0.320 e. The second-order valence-corrected chi connectivity index (χ2v) is 3.82. The molecule has 2 N–H and O–H groups in total. The molecule has 1 saturated heterocycles. The number of ether oxygens (including phenoxy) is 1. The Kier molecular flexibility index (Phi) is 1.86. The van der Waals surface area contributed by atoms with E-state index in [0.717, 1.165) is 23.4 Å². The number of benzene rings is 1. The molecule has 3 rings (SSSR count). The Balaban J connectivity index is 2.09. The second kappa shape index (κ2) is 3.23. The normalized spacial score (nSPS) is 21.4. The van der Waals surface area contributed by atoms with Gasteiger partial charge in [-0.3, -0.25) is 5.32 Å². The zero-order chi connectivity index (χ0) is 11.1. The van der Waals surface area contributed by atoms with Crippen LogP contribution in [0, 0.1) is 0 Å². The van der Waals surface area contributed by atoms with Crippen molar-refractivity contribution < 1.29 is 9.53 Å². The minimum atomic E-state index is -0.185. The van der Waals surface area contributed by atoms with Crippen molar-refractivity contribution in [2.45, 2.75) is 12.5 Å². The molecule has 0 aliphatic carbocycles. The fourth-order valence-corrected chi connectivity index (χ4v) is 2.08. The van der Waals surface area contributed by atoms with E-state index in [1.54, 1.807) is 7.11 Å². The highest BCUT2D eigenvalue weighted by Gasteiger charge is 2.32. The number of urea groups is 1. The van der Waals surface area contributed by atoms with Crippen molar-refractivity contribution in [2.24, 2.45) is 4.99 Å². The molecule has 2 aliphatic rings. The zero-order valence-corrected chi connectivity index (χ0v) is 8.78. The number of nitrogens with zero attached hydrogens (tertiary/aromatic N) is 1. The van der Waals surface area contributed by atoms with Crippen molar-refractivity contribution in [3.05, 3.63) is 23.8 Å². The lowest BCUT2D eigenvalue weighted by Gasteiger charge is -2.19. The van der Waals surface area contributed by atoms with Crippen LogP contribution in [0.25, 0.3) is 0 Å². The van der Waals surface area contributed by atoms with Crippen LogP contribution in [-0.4, -0.2) is 25.0 Å². The molecular weight excluding hydrogens is 206 g/mol. The van der Waals surface area contributed by atoms with Crippen LogP contribution in [0.2, 0.25) is 0 Å². The number of amides is 2. The van der Waals surface area contributed by atoms with Crippen LogP contribution in [0.4, 0.5) is 10.5 Å². The van der Waals surface area contributed by atoms with Gasteiger partial charge in [0.05, 0.1) is 13.2 Å². The van der Waals surface area contributed by atoms with E-state index in [9.17, 15) is 4.79 Å². The Bertz CT molecular complexity index is 496. The van der Waals surface area contributed by atoms with Crippen molar-refractivity contribution in [2.75, 3.05) is 7.11 Å². The van der Waals surface area contributed by atoms with Crippen molar-refractivity contribution >= 4 is 17.6 Å². The first-order valence-corrected chi connectivity index (χ1v) is 5.10. The molecule has 0 spiro atoms. The molecule has 2 heterocycles. The molecule has 0 bridgehead atoms. The van der Waals surface area contributed by atoms with Gasteiger partial charge in [0.1, 0.15) is 17.3 Å². The van der Waals surface area contributed by atoms with E-state index in [1.807, 2.05) is 18.2 Å². The maximum absolute atomic E-state index is 11.2. The number of carbonyl (C=O) groups is 1. The van der Waals surface area contributed by atoms with Gasteiger partial charge in [0, 0.05) is 6.42 Å². The molecule has 2 aliphatic heterocycles. The summed E-state index contributed by atoms with van der Waals surface area (Å²) >= 11 is 0. The van der Waals surface area contributed by atoms with E-state index in [4.69, 9.17) is 4.74 Å². The predicted octanol–water partition coefficient (Wildman–Crippen LogP) is 0.963. The first-order chi connectivity index (χ1) is 7.78. The van der Waals surface area contributed by atoms with Crippen LogP contribution >= 0.6 is 0 Å². The topological polar surface area (TPSA) is 62.7 Å². The summed E-state index contributed by atoms with van der Waals surface area (Å²) in [6, 6.07) is 5.60. The molecule has 1 aromatic carbocycles. The molecule has 2 amide bonds. The lowest BCUT2D eigenvalue weighted by molar-refractivity contribution is 0.248. The molecule has 5 nitrogen and oxygen atoms in total. The molecule has 16 heavy (non-hydrogen) atoms. The Morgan fingerprint density at radius 2 is 2.38 bits per heavy atom. The first kappa shape index (κ1) is 9.21. The van der Waals surface area contributed by atoms with Gasteiger partial charge in [0.2, 0.25) is 0 Å². The fourth-order valence-electron chi connectivity index (χ4n) is 2.08. The highest BCUT2D eigenvalue weighted by atomic mass is 16.5. The van der Waals surface area contributed by atoms with Crippen molar-refractivity contribution in [3.63, 3.8) is 0 Å². The van der Waals surface area contributed by atoms with Crippen molar-refractivity contribution in [1.29, 1.82) is 0 Å². The third kappa shape index (κ3) is 1.25. The third-order valence-corrected chi connectivity index (χ3v) is 2.84. The molecule has 1 unspecified atom stereocenters. The van der Waals surface area contributed by atoms with E-state index < -0.39 is 0 Å². The molecule has 0 saturated carbocycles. The number of methoxy groups -OCH3 is 1. The average Bonchev–Trinajstić information content (AvgIpc) is 2.64. The molecule has 0 aromatic heterocycles. The van der Waals surface area contributed by atoms with Crippen LogP contribution in [-0.2, 0) is 6.42 Å². The monoisotopic (exact) mass is 217 g/mol. The summed E-state index contributed by atoms with van der Waals surface area (Å²) in [5.41, 5.74) is 1.91. The Morgan fingerprint density at radius 3 is 3.19 bits per heavy atom. The van der Waals surface area contributed by atoms with Crippen molar-refractivity contribution in [1.82, 2.24) is 10.6 Å². The molecule has 1 aromatic rings. The van der Waals surface area contributed by atoms with Gasteiger partial charge in [-0.05, 0) is 11.6 Å². The highest BCUT2D eigenvalue weighted by Crippen LogP contribution is 2.35. The number of rotatable bonds is 1. The number of carbonyl (C=O) groups excluding carboxylic acids is 1. The van der Waals surface area contributed by atoms with E-state index in [2.05, 4.69) is 15.6 Å². The van der Waals surface area contributed by atoms with Crippen LogP contribution in [0.15, 0.2) is 23.2 Å². The number of para-hydroxylation sites is 1. The largest absolute Gasteiger partial charge is 0.494 e.